The Morgan fingerprint density at radius 2 is 1.62 bits per heavy atom. The highest BCUT2D eigenvalue weighted by Gasteiger charge is 2.30. The summed E-state index contributed by atoms with van der Waals surface area (Å²) in [5, 5.41) is 18.2. The normalized spacial score (nSPS) is 16.9. The minimum Gasteiger partial charge on any atom is -0.385 e. The van der Waals surface area contributed by atoms with Crippen molar-refractivity contribution in [1.82, 2.24) is 10.5 Å². The second kappa shape index (κ2) is 6.23. The fraction of sp³-hybridized carbons (Fsp3) is 0.250. The molecular formula is C20H20N2O2. The lowest BCUT2D eigenvalue weighted by Gasteiger charge is -2.33. The van der Waals surface area contributed by atoms with Gasteiger partial charge in [-0.25, -0.2) is 0 Å². The lowest BCUT2D eigenvalue weighted by Crippen LogP contribution is -2.39. The van der Waals surface area contributed by atoms with Gasteiger partial charge in [0, 0.05) is 17.2 Å². The van der Waals surface area contributed by atoms with Crippen LogP contribution in [0, 0.1) is 0 Å². The quantitative estimate of drug-likeness (QED) is 0.774. The molecule has 0 bridgehead atoms. The van der Waals surface area contributed by atoms with E-state index in [2.05, 4.69) is 10.5 Å². The standard InChI is InChI=1S/C20H20N2O2/c23-20(10-12-21-13-11-20)17-8-6-16(7-9-17)19-14-18(22-24-19)15-4-2-1-3-5-15/h1-9,14,21,23H,10-13H2. The van der Waals surface area contributed by atoms with E-state index in [4.69, 9.17) is 4.52 Å². The lowest BCUT2D eigenvalue weighted by atomic mass is 9.85. The van der Waals surface area contributed by atoms with Crippen LogP contribution < -0.4 is 5.32 Å². The number of benzene rings is 2. The molecule has 122 valence electrons. The van der Waals surface area contributed by atoms with E-state index in [1.807, 2.05) is 60.7 Å². The Morgan fingerprint density at radius 1 is 0.917 bits per heavy atom. The molecule has 0 aliphatic carbocycles. The van der Waals surface area contributed by atoms with Crippen molar-refractivity contribution in [3.8, 4) is 22.6 Å². The van der Waals surface area contributed by atoms with Crippen LogP contribution >= 0.6 is 0 Å². The Balaban J connectivity index is 1.58. The van der Waals surface area contributed by atoms with Crippen molar-refractivity contribution < 1.29 is 9.63 Å². The molecule has 1 aliphatic heterocycles. The van der Waals surface area contributed by atoms with Gasteiger partial charge < -0.3 is 14.9 Å². The van der Waals surface area contributed by atoms with E-state index in [1.165, 1.54) is 0 Å². The predicted octanol–water partition coefficient (Wildman–Crippen LogP) is 3.58. The molecular weight excluding hydrogens is 300 g/mol. The zero-order chi connectivity index (χ0) is 16.4. The first-order valence-corrected chi connectivity index (χ1v) is 8.31. The van der Waals surface area contributed by atoms with E-state index in [0.29, 0.717) is 0 Å². The van der Waals surface area contributed by atoms with Crippen molar-refractivity contribution in [2.24, 2.45) is 0 Å². The molecule has 1 aromatic heterocycles. The molecule has 1 fully saturated rings. The SMILES string of the molecule is OC1(c2ccc(-c3cc(-c4ccccc4)no3)cc2)CCNCC1. The number of aliphatic hydroxyl groups is 1. The van der Waals surface area contributed by atoms with Gasteiger partial charge in [-0.1, -0.05) is 59.8 Å². The summed E-state index contributed by atoms with van der Waals surface area (Å²) < 4.78 is 5.49. The molecule has 0 saturated carbocycles. The molecule has 0 amide bonds. The van der Waals surface area contributed by atoms with E-state index in [9.17, 15) is 5.11 Å². The van der Waals surface area contributed by atoms with Gasteiger partial charge in [0.15, 0.2) is 5.76 Å². The molecule has 0 radical (unpaired) electrons. The van der Waals surface area contributed by atoms with Crippen molar-refractivity contribution in [3.63, 3.8) is 0 Å². The molecule has 1 aliphatic rings. The van der Waals surface area contributed by atoms with E-state index in [1.54, 1.807) is 0 Å². The van der Waals surface area contributed by atoms with E-state index < -0.39 is 5.60 Å². The Hall–Kier alpha value is -2.43. The van der Waals surface area contributed by atoms with Crippen LogP contribution in [0.5, 0.6) is 0 Å². The Labute approximate surface area is 141 Å². The summed E-state index contributed by atoms with van der Waals surface area (Å²) in [5.41, 5.74) is 3.07. The van der Waals surface area contributed by atoms with Crippen molar-refractivity contribution in [2.75, 3.05) is 13.1 Å². The predicted molar refractivity (Wildman–Crippen MR) is 93.4 cm³/mol. The summed E-state index contributed by atoms with van der Waals surface area (Å²) in [4.78, 5) is 0. The molecule has 24 heavy (non-hydrogen) atoms. The maximum absolute atomic E-state index is 10.8. The maximum atomic E-state index is 10.8. The molecule has 3 aromatic rings. The summed E-state index contributed by atoms with van der Waals surface area (Å²) in [6.45, 7) is 1.70. The van der Waals surface area contributed by atoms with Gasteiger partial charge in [0.1, 0.15) is 5.69 Å². The van der Waals surface area contributed by atoms with Crippen LogP contribution in [0.3, 0.4) is 0 Å². The minimum absolute atomic E-state index is 0.722. The fourth-order valence-electron chi connectivity index (χ4n) is 3.23. The first kappa shape index (κ1) is 15.1. The number of nitrogens with zero attached hydrogens (tertiary/aromatic N) is 1. The summed E-state index contributed by atoms with van der Waals surface area (Å²) in [7, 11) is 0. The lowest BCUT2D eigenvalue weighted by molar-refractivity contribution is 0.00595. The number of hydrogen-bond donors (Lipinski definition) is 2. The highest BCUT2D eigenvalue weighted by molar-refractivity contribution is 5.66. The number of rotatable bonds is 3. The number of aromatic nitrogens is 1. The fourth-order valence-corrected chi connectivity index (χ4v) is 3.23. The van der Waals surface area contributed by atoms with E-state index in [0.717, 1.165) is 54.1 Å². The van der Waals surface area contributed by atoms with Gasteiger partial charge in [-0.3, -0.25) is 0 Å². The molecule has 4 nitrogen and oxygen atoms in total. The van der Waals surface area contributed by atoms with Crippen LogP contribution in [0.1, 0.15) is 18.4 Å². The third kappa shape index (κ3) is 2.86. The molecule has 0 spiro atoms. The number of hydrogen-bond acceptors (Lipinski definition) is 4. The highest BCUT2D eigenvalue weighted by Crippen LogP contribution is 2.32. The van der Waals surface area contributed by atoms with Gasteiger partial charge >= 0.3 is 0 Å². The van der Waals surface area contributed by atoms with E-state index in [-0.39, 0.29) is 0 Å². The summed E-state index contributed by atoms with van der Waals surface area (Å²) in [6, 6.07) is 19.9. The smallest absolute Gasteiger partial charge is 0.167 e. The first-order chi connectivity index (χ1) is 11.7. The van der Waals surface area contributed by atoms with Crippen LogP contribution in [0.2, 0.25) is 0 Å². The first-order valence-electron chi connectivity index (χ1n) is 8.31. The zero-order valence-electron chi connectivity index (χ0n) is 13.4. The molecule has 0 unspecified atom stereocenters. The molecule has 2 N–H and O–H groups in total. The largest absolute Gasteiger partial charge is 0.385 e. The topological polar surface area (TPSA) is 58.3 Å². The van der Waals surface area contributed by atoms with Crippen LogP contribution in [0.25, 0.3) is 22.6 Å². The van der Waals surface area contributed by atoms with Gasteiger partial charge in [0.25, 0.3) is 0 Å². The average Bonchev–Trinajstić information content (AvgIpc) is 3.13. The van der Waals surface area contributed by atoms with Crippen LogP contribution in [0.4, 0.5) is 0 Å². The Morgan fingerprint density at radius 3 is 2.33 bits per heavy atom. The zero-order valence-corrected chi connectivity index (χ0v) is 13.4. The van der Waals surface area contributed by atoms with Gasteiger partial charge in [-0.15, -0.1) is 0 Å². The van der Waals surface area contributed by atoms with Crippen molar-refractivity contribution >= 4 is 0 Å². The third-order valence-corrected chi connectivity index (χ3v) is 4.72. The minimum atomic E-state index is -0.722. The summed E-state index contributed by atoms with van der Waals surface area (Å²) in [6.07, 6.45) is 1.49. The maximum Gasteiger partial charge on any atom is 0.167 e. The molecule has 4 heteroatoms. The second-order valence-electron chi connectivity index (χ2n) is 6.30. The van der Waals surface area contributed by atoms with Crippen LogP contribution in [-0.2, 0) is 5.60 Å². The van der Waals surface area contributed by atoms with Crippen molar-refractivity contribution in [1.29, 1.82) is 0 Å². The molecule has 1 saturated heterocycles. The van der Waals surface area contributed by atoms with Crippen molar-refractivity contribution in [2.45, 2.75) is 18.4 Å². The molecule has 2 aromatic carbocycles. The second-order valence-corrected chi connectivity index (χ2v) is 6.30. The van der Waals surface area contributed by atoms with Gasteiger partial charge in [0.2, 0.25) is 0 Å². The monoisotopic (exact) mass is 320 g/mol. The van der Waals surface area contributed by atoms with Crippen LogP contribution in [0.15, 0.2) is 65.2 Å². The van der Waals surface area contributed by atoms with Gasteiger partial charge in [-0.05, 0) is 31.5 Å². The Kier molecular flexibility index (Phi) is 3.92. The molecule has 4 rings (SSSR count). The molecule has 0 atom stereocenters. The van der Waals surface area contributed by atoms with Crippen molar-refractivity contribution in [3.05, 3.63) is 66.2 Å². The number of piperidine rings is 1. The summed E-state index contributed by atoms with van der Waals surface area (Å²) >= 11 is 0. The molecule has 2 heterocycles. The Bertz CT molecular complexity index is 803. The van der Waals surface area contributed by atoms with Gasteiger partial charge in [0.05, 0.1) is 5.60 Å². The summed E-state index contributed by atoms with van der Waals surface area (Å²) in [5.74, 6) is 0.734. The van der Waals surface area contributed by atoms with Gasteiger partial charge in [-0.2, -0.15) is 0 Å². The highest BCUT2D eigenvalue weighted by atomic mass is 16.5. The van der Waals surface area contributed by atoms with E-state index >= 15 is 0 Å². The average molecular weight is 320 g/mol. The van der Waals surface area contributed by atoms with Crippen LogP contribution in [-0.4, -0.2) is 23.4 Å². The third-order valence-electron chi connectivity index (χ3n) is 4.72. The number of nitrogens with one attached hydrogen (secondary N) is 1.